The van der Waals surface area contributed by atoms with Gasteiger partial charge in [-0.05, 0) is 12.8 Å². The number of aromatic nitrogens is 3. The highest BCUT2D eigenvalue weighted by molar-refractivity contribution is 5.00. The third-order valence-corrected chi connectivity index (χ3v) is 2.12. The second-order valence-electron chi connectivity index (χ2n) is 3.22. The Labute approximate surface area is 82.5 Å². The van der Waals surface area contributed by atoms with Crippen LogP contribution in [0.3, 0.4) is 0 Å². The molecule has 0 bridgehead atoms. The van der Waals surface area contributed by atoms with E-state index in [2.05, 4.69) is 14.9 Å². The summed E-state index contributed by atoms with van der Waals surface area (Å²) in [5.41, 5.74) is 0. The molecular weight excluding hydrogens is 180 g/mol. The standard InChI is InChI=1S/C9H12N4O/c1-10-5-4-8-11-9-13(12-8)6-2-3-7-14-9/h2-7H2. The predicted molar refractivity (Wildman–Crippen MR) is 49.9 cm³/mol. The SMILES string of the molecule is [C-]#[N+]CCc1nc2n(n1)CCCCO2. The van der Waals surface area contributed by atoms with Crippen molar-refractivity contribution in [1.82, 2.24) is 14.8 Å². The van der Waals surface area contributed by atoms with Crippen LogP contribution in [-0.2, 0) is 13.0 Å². The molecule has 1 aliphatic heterocycles. The molecule has 1 aromatic heterocycles. The topological polar surface area (TPSA) is 44.3 Å². The minimum absolute atomic E-state index is 0.448. The van der Waals surface area contributed by atoms with Crippen molar-refractivity contribution in [3.05, 3.63) is 17.2 Å². The Morgan fingerprint density at radius 2 is 2.43 bits per heavy atom. The van der Waals surface area contributed by atoms with E-state index < -0.39 is 0 Å². The molecule has 0 amide bonds. The largest absolute Gasteiger partial charge is 0.464 e. The molecule has 0 spiro atoms. The Balaban J connectivity index is 2.11. The van der Waals surface area contributed by atoms with Crippen LogP contribution in [0.15, 0.2) is 0 Å². The number of ether oxygens (including phenoxy) is 1. The first-order valence-corrected chi connectivity index (χ1v) is 4.80. The van der Waals surface area contributed by atoms with Crippen molar-refractivity contribution < 1.29 is 4.74 Å². The quantitative estimate of drug-likeness (QED) is 0.654. The highest BCUT2D eigenvalue weighted by Crippen LogP contribution is 2.13. The van der Waals surface area contributed by atoms with Gasteiger partial charge in [0.15, 0.2) is 5.82 Å². The summed E-state index contributed by atoms with van der Waals surface area (Å²) in [4.78, 5) is 7.51. The molecule has 0 fully saturated rings. The third-order valence-electron chi connectivity index (χ3n) is 2.12. The number of fused-ring (bicyclic) bond motifs is 1. The van der Waals surface area contributed by atoms with E-state index in [0.29, 0.717) is 19.0 Å². The van der Waals surface area contributed by atoms with Gasteiger partial charge in [-0.3, -0.25) is 0 Å². The van der Waals surface area contributed by atoms with Crippen LogP contribution in [0.25, 0.3) is 4.85 Å². The van der Waals surface area contributed by atoms with Crippen LogP contribution in [0.1, 0.15) is 18.7 Å². The Kier molecular flexibility index (Phi) is 2.63. The predicted octanol–water partition coefficient (Wildman–Crippen LogP) is 0.912. The molecule has 0 saturated carbocycles. The first-order chi connectivity index (χ1) is 6.90. The highest BCUT2D eigenvalue weighted by Gasteiger charge is 2.13. The van der Waals surface area contributed by atoms with Crippen LogP contribution in [0.5, 0.6) is 6.01 Å². The van der Waals surface area contributed by atoms with E-state index in [1.54, 1.807) is 4.68 Å². The maximum absolute atomic E-state index is 6.68. The summed E-state index contributed by atoms with van der Waals surface area (Å²) in [5, 5.41) is 4.29. The average molecular weight is 192 g/mol. The van der Waals surface area contributed by atoms with Gasteiger partial charge in [0.05, 0.1) is 13.0 Å². The highest BCUT2D eigenvalue weighted by atomic mass is 16.5. The van der Waals surface area contributed by atoms with Gasteiger partial charge in [0.25, 0.3) is 0 Å². The summed E-state index contributed by atoms with van der Waals surface area (Å²) in [5.74, 6) is 0.720. The normalized spacial score (nSPS) is 15.1. The Morgan fingerprint density at radius 3 is 3.29 bits per heavy atom. The molecule has 0 atom stereocenters. The molecule has 0 unspecified atom stereocenters. The van der Waals surface area contributed by atoms with Crippen molar-refractivity contribution >= 4 is 0 Å². The van der Waals surface area contributed by atoms with Crippen molar-refractivity contribution in [3.8, 4) is 6.01 Å². The molecule has 2 rings (SSSR count). The van der Waals surface area contributed by atoms with Crippen LogP contribution in [0.2, 0.25) is 0 Å². The van der Waals surface area contributed by atoms with E-state index >= 15 is 0 Å². The molecular formula is C9H12N4O. The van der Waals surface area contributed by atoms with Crippen molar-refractivity contribution in [2.75, 3.05) is 13.2 Å². The van der Waals surface area contributed by atoms with Gasteiger partial charge in [-0.1, -0.05) is 0 Å². The lowest BCUT2D eigenvalue weighted by Crippen LogP contribution is -2.00. The molecule has 74 valence electrons. The molecule has 0 radical (unpaired) electrons. The molecule has 14 heavy (non-hydrogen) atoms. The summed E-state index contributed by atoms with van der Waals surface area (Å²) in [6.45, 7) is 8.73. The molecule has 5 nitrogen and oxygen atoms in total. The van der Waals surface area contributed by atoms with Gasteiger partial charge in [-0.25, -0.2) is 11.3 Å². The van der Waals surface area contributed by atoms with Crippen molar-refractivity contribution in [2.45, 2.75) is 25.8 Å². The zero-order valence-corrected chi connectivity index (χ0v) is 7.94. The van der Waals surface area contributed by atoms with Gasteiger partial charge in [0, 0.05) is 6.54 Å². The van der Waals surface area contributed by atoms with Crippen LogP contribution in [-0.4, -0.2) is 27.9 Å². The fourth-order valence-electron chi connectivity index (χ4n) is 1.41. The van der Waals surface area contributed by atoms with Gasteiger partial charge in [-0.2, -0.15) is 10.1 Å². The second kappa shape index (κ2) is 4.09. The molecule has 0 aliphatic carbocycles. The summed E-state index contributed by atoms with van der Waals surface area (Å²) in [6, 6.07) is 0.613. The lowest BCUT2D eigenvalue weighted by Gasteiger charge is -1.97. The maximum Gasteiger partial charge on any atom is 0.315 e. The molecule has 5 heteroatoms. The summed E-state index contributed by atoms with van der Waals surface area (Å²) >= 11 is 0. The lowest BCUT2D eigenvalue weighted by atomic mass is 10.3. The second-order valence-corrected chi connectivity index (χ2v) is 3.22. The Morgan fingerprint density at radius 1 is 1.50 bits per heavy atom. The van der Waals surface area contributed by atoms with Gasteiger partial charge >= 0.3 is 6.01 Å². The fourth-order valence-corrected chi connectivity index (χ4v) is 1.41. The van der Waals surface area contributed by atoms with Crippen LogP contribution in [0, 0.1) is 6.57 Å². The maximum atomic E-state index is 6.68. The lowest BCUT2D eigenvalue weighted by molar-refractivity contribution is 0.292. The molecule has 0 saturated heterocycles. The fraction of sp³-hybridized carbons (Fsp3) is 0.667. The Hall–Kier alpha value is -1.57. The smallest absolute Gasteiger partial charge is 0.315 e. The first kappa shape index (κ1) is 9.00. The average Bonchev–Trinajstić information content (AvgIpc) is 2.46. The number of hydrogen-bond donors (Lipinski definition) is 0. The number of nitrogens with zero attached hydrogens (tertiary/aromatic N) is 4. The molecule has 0 N–H and O–H groups in total. The Bertz CT molecular complexity index is 329. The monoisotopic (exact) mass is 192 g/mol. The first-order valence-electron chi connectivity index (χ1n) is 4.80. The van der Waals surface area contributed by atoms with Crippen molar-refractivity contribution in [2.24, 2.45) is 0 Å². The zero-order valence-electron chi connectivity index (χ0n) is 7.94. The van der Waals surface area contributed by atoms with E-state index in [1.165, 1.54) is 0 Å². The van der Waals surface area contributed by atoms with Crippen LogP contribution >= 0.6 is 0 Å². The third kappa shape index (κ3) is 1.84. The van der Waals surface area contributed by atoms with Crippen LogP contribution in [0.4, 0.5) is 0 Å². The van der Waals surface area contributed by atoms with E-state index in [1.807, 2.05) is 0 Å². The number of hydrogen-bond acceptors (Lipinski definition) is 3. The van der Waals surface area contributed by atoms with Gasteiger partial charge < -0.3 is 9.58 Å². The number of aryl methyl sites for hydroxylation is 1. The summed E-state index contributed by atoms with van der Waals surface area (Å²) < 4.78 is 7.22. The van der Waals surface area contributed by atoms with E-state index in [4.69, 9.17) is 11.3 Å². The summed E-state index contributed by atoms with van der Waals surface area (Å²) in [6.07, 6.45) is 2.76. The minimum Gasteiger partial charge on any atom is -0.464 e. The van der Waals surface area contributed by atoms with E-state index in [-0.39, 0.29) is 0 Å². The van der Waals surface area contributed by atoms with Gasteiger partial charge in [0.1, 0.15) is 0 Å². The minimum atomic E-state index is 0.448. The van der Waals surface area contributed by atoms with Crippen molar-refractivity contribution in [3.63, 3.8) is 0 Å². The van der Waals surface area contributed by atoms with Crippen LogP contribution < -0.4 is 4.74 Å². The zero-order chi connectivity index (χ0) is 9.80. The molecule has 2 heterocycles. The molecule has 0 aromatic carbocycles. The number of rotatable bonds is 2. The summed E-state index contributed by atoms with van der Waals surface area (Å²) in [7, 11) is 0. The van der Waals surface area contributed by atoms with Gasteiger partial charge in [-0.15, -0.1) is 0 Å². The molecule has 1 aliphatic rings. The molecule has 1 aromatic rings. The van der Waals surface area contributed by atoms with Crippen molar-refractivity contribution in [1.29, 1.82) is 0 Å². The van der Waals surface area contributed by atoms with E-state index in [0.717, 1.165) is 31.8 Å². The van der Waals surface area contributed by atoms with Gasteiger partial charge in [0.2, 0.25) is 6.54 Å². The van der Waals surface area contributed by atoms with E-state index in [9.17, 15) is 0 Å².